The number of methoxy groups -OCH3 is 1. The van der Waals surface area contributed by atoms with E-state index in [2.05, 4.69) is 16.4 Å². The summed E-state index contributed by atoms with van der Waals surface area (Å²) < 4.78 is 5.18. The maximum atomic E-state index is 10.0. The smallest absolute Gasteiger partial charge is 0.213 e. The molecule has 0 unspecified atom stereocenters. The Kier molecular flexibility index (Phi) is 5.13. The average molecular weight is 312 g/mol. The summed E-state index contributed by atoms with van der Waals surface area (Å²) in [7, 11) is 1.61. The van der Waals surface area contributed by atoms with Gasteiger partial charge in [0.05, 0.1) is 12.8 Å². The first-order chi connectivity index (χ1) is 11.2. The molecule has 4 heteroatoms. The van der Waals surface area contributed by atoms with Crippen LogP contribution in [0.25, 0.3) is 11.3 Å². The number of hydrogen-bond donors (Lipinski definition) is 2. The predicted molar refractivity (Wildman–Crippen MR) is 91.9 cm³/mol. The van der Waals surface area contributed by atoms with Crippen molar-refractivity contribution in [3.05, 3.63) is 42.0 Å². The first-order valence-corrected chi connectivity index (χ1v) is 8.32. The molecular weight excluding hydrogens is 288 g/mol. The van der Waals surface area contributed by atoms with Crippen LogP contribution in [0, 0.1) is 0 Å². The molecule has 122 valence electrons. The number of nitrogens with one attached hydrogen (secondary N) is 1. The fourth-order valence-electron chi connectivity index (χ4n) is 3.17. The Bertz CT molecular complexity index is 652. The molecule has 1 aliphatic heterocycles. The van der Waals surface area contributed by atoms with Crippen LogP contribution in [0.2, 0.25) is 0 Å². The van der Waals surface area contributed by atoms with Gasteiger partial charge in [-0.05, 0) is 62.1 Å². The van der Waals surface area contributed by atoms with Gasteiger partial charge < -0.3 is 15.2 Å². The quantitative estimate of drug-likeness (QED) is 0.886. The molecule has 4 nitrogen and oxygen atoms in total. The summed E-state index contributed by atoms with van der Waals surface area (Å²) >= 11 is 0. The van der Waals surface area contributed by atoms with Crippen molar-refractivity contribution in [3.63, 3.8) is 0 Å². The van der Waals surface area contributed by atoms with Crippen LogP contribution in [0.15, 0.2) is 36.4 Å². The summed E-state index contributed by atoms with van der Waals surface area (Å²) in [4.78, 5) is 4.45. The number of aryl methyl sites for hydroxylation is 1. The van der Waals surface area contributed by atoms with Gasteiger partial charge in [0.15, 0.2) is 0 Å². The number of phenols is 1. The molecule has 2 N–H and O–H groups in total. The largest absolute Gasteiger partial charge is 0.508 e. The van der Waals surface area contributed by atoms with E-state index >= 15 is 0 Å². The molecule has 0 saturated carbocycles. The maximum Gasteiger partial charge on any atom is 0.213 e. The van der Waals surface area contributed by atoms with Crippen LogP contribution in [0.4, 0.5) is 0 Å². The Balaban J connectivity index is 1.75. The van der Waals surface area contributed by atoms with Gasteiger partial charge in [0, 0.05) is 17.7 Å². The fourth-order valence-corrected chi connectivity index (χ4v) is 3.17. The first kappa shape index (κ1) is 15.8. The molecule has 0 spiro atoms. The lowest BCUT2D eigenvalue weighted by Crippen LogP contribution is -2.34. The van der Waals surface area contributed by atoms with Crippen LogP contribution in [-0.4, -0.2) is 29.8 Å². The van der Waals surface area contributed by atoms with E-state index in [1.807, 2.05) is 24.3 Å². The minimum Gasteiger partial charge on any atom is -0.508 e. The number of hydrogen-bond acceptors (Lipinski definition) is 4. The van der Waals surface area contributed by atoms with Crippen molar-refractivity contribution in [1.82, 2.24) is 10.3 Å². The molecule has 3 rings (SSSR count). The first-order valence-electron chi connectivity index (χ1n) is 8.32. The molecule has 1 fully saturated rings. The molecule has 2 aromatic rings. The lowest BCUT2D eigenvalue weighted by atomic mass is 9.96. The second-order valence-electron chi connectivity index (χ2n) is 6.14. The van der Waals surface area contributed by atoms with E-state index in [1.54, 1.807) is 13.2 Å². The third-order valence-corrected chi connectivity index (χ3v) is 4.40. The Labute approximate surface area is 137 Å². The third kappa shape index (κ3) is 4.23. The lowest BCUT2D eigenvalue weighted by molar-refractivity contribution is 0.382. The summed E-state index contributed by atoms with van der Waals surface area (Å²) in [5.74, 6) is 0.873. The van der Waals surface area contributed by atoms with Crippen LogP contribution in [0.1, 0.15) is 31.2 Å². The monoisotopic (exact) mass is 312 g/mol. The van der Waals surface area contributed by atoms with Gasteiger partial charge in [-0.1, -0.05) is 12.5 Å². The second-order valence-corrected chi connectivity index (χ2v) is 6.14. The van der Waals surface area contributed by atoms with E-state index in [-0.39, 0.29) is 0 Å². The molecular formula is C19H24N2O2. The zero-order valence-electron chi connectivity index (χ0n) is 13.6. The van der Waals surface area contributed by atoms with Gasteiger partial charge in [-0.25, -0.2) is 4.98 Å². The van der Waals surface area contributed by atoms with Crippen molar-refractivity contribution in [2.24, 2.45) is 0 Å². The van der Waals surface area contributed by atoms with Crippen LogP contribution < -0.4 is 10.1 Å². The van der Waals surface area contributed by atoms with E-state index < -0.39 is 0 Å². The van der Waals surface area contributed by atoms with Crippen LogP contribution in [-0.2, 0) is 6.42 Å². The van der Waals surface area contributed by atoms with Crippen molar-refractivity contribution >= 4 is 0 Å². The molecule has 0 amide bonds. The zero-order valence-corrected chi connectivity index (χ0v) is 13.6. The number of rotatable bonds is 5. The number of piperidine rings is 1. The minimum atomic E-state index is 0.290. The van der Waals surface area contributed by atoms with E-state index in [0.717, 1.165) is 36.2 Å². The van der Waals surface area contributed by atoms with Crippen LogP contribution in [0.5, 0.6) is 11.6 Å². The van der Waals surface area contributed by atoms with Crippen molar-refractivity contribution in [2.75, 3.05) is 13.7 Å². The molecule has 23 heavy (non-hydrogen) atoms. The van der Waals surface area contributed by atoms with Gasteiger partial charge in [-0.15, -0.1) is 0 Å². The van der Waals surface area contributed by atoms with Gasteiger partial charge in [0.1, 0.15) is 5.75 Å². The Hall–Kier alpha value is -2.07. The highest BCUT2D eigenvalue weighted by Gasteiger charge is 2.13. The Morgan fingerprint density at radius 1 is 1.26 bits per heavy atom. The predicted octanol–water partition coefficient (Wildman–Crippen LogP) is 3.54. The zero-order chi connectivity index (χ0) is 16.1. The van der Waals surface area contributed by atoms with Gasteiger partial charge in [0.25, 0.3) is 0 Å². The SMILES string of the molecule is COc1cccc(-c2cc(O)cc(CC[C@@H]3CCCCN3)c2)n1. The molecule has 1 atom stereocenters. The standard InChI is InChI=1S/C19H24N2O2/c1-23-19-7-4-6-18(21-19)15-11-14(12-17(22)13-15)8-9-16-5-2-3-10-20-16/h4,6-7,11-13,16,20,22H,2-3,5,8-10H2,1H3/t16-/m0/s1. The molecule has 1 saturated heterocycles. The summed E-state index contributed by atoms with van der Waals surface area (Å²) in [6.45, 7) is 1.13. The summed E-state index contributed by atoms with van der Waals surface area (Å²) in [6.07, 6.45) is 5.92. The number of ether oxygens (including phenoxy) is 1. The molecule has 0 aliphatic carbocycles. The topological polar surface area (TPSA) is 54.4 Å². The molecule has 1 aliphatic rings. The summed E-state index contributed by atoms with van der Waals surface area (Å²) in [6, 6.07) is 12.0. The number of pyridine rings is 1. The number of nitrogens with zero attached hydrogens (tertiary/aromatic N) is 1. The van der Waals surface area contributed by atoms with E-state index in [0.29, 0.717) is 17.7 Å². The molecule has 1 aromatic carbocycles. The van der Waals surface area contributed by atoms with Crippen LogP contribution >= 0.6 is 0 Å². The van der Waals surface area contributed by atoms with E-state index in [9.17, 15) is 5.11 Å². The highest BCUT2D eigenvalue weighted by molar-refractivity contribution is 5.63. The Morgan fingerprint density at radius 3 is 2.96 bits per heavy atom. The molecule has 1 aromatic heterocycles. The number of phenolic OH excluding ortho intramolecular Hbond substituents is 1. The van der Waals surface area contributed by atoms with E-state index in [1.165, 1.54) is 19.3 Å². The maximum absolute atomic E-state index is 10.0. The highest BCUT2D eigenvalue weighted by atomic mass is 16.5. The second kappa shape index (κ2) is 7.47. The van der Waals surface area contributed by atoms with Crippen molar-refractivity contribution < 1.29 is 9.84 Å². The van der Waals surface area contributed by atoms with Gasteiger partial charge >= 0.3 is 0 Å². The number of aromatic nitrogens is 1. The number of benzene rings is 1. The Morgan fingerprint density at radius 2 is 2.17 bits per heavy atom. The fraction of sp³-hybridized carbons (Fsp3) is 0.421. The van der Waals surface area contributed by atoms with Crippen molar-refractivity contribution in [3.8, 4) is 22.9 Å². The third-order valence-electron chi connectivity index (χ3n) is 4.40. The molecule has 0 radical (unpaired) electrons. The van der Waals surface area contributed by atoms with Gasteiger partial charge in [-0.2, -0.15) is 0 Å². The van der Waals surface area contributed by atoms with E-state index in [4.69, 9.17) is 4.74 Å². The molecule has 0 bridgehead atoms. The summed E-state index contributed by atoms with van der Waals surface area (Å²) in [5.41, 5.74) is 2.89. The highest BCUT2D eigenvalue weighted by Crippen LogP contribution is 2.26. The van der Waals surface area contributed by atoms with Crippen molar-refractivity contribution in [2.45, 2.75) is 38.1 Å². The van der Waals surface area contributed by atoms with Gasteiger partial charge in [0.2, 0.25) is 5.88 Å². The molecule has 2 heterocycles. The normalized spacial score (nSPS) is 17.9. The lowest BCUT2D eigenvalue weighted by Gasteiger charge is -2.23. The van der Waals surface area contributed by atoms with Crippen LogP contribution in [0.3, 0.4) is 0 Å². The van der Waals surface area contributed by atoms with Gasteiger partial charge in [-0.3, -0.25) is 0 Å². The summed E-state index contributed by atoms with van der Waals surface area (Å²) in [5, 5.41) is 13.6. The average Bonchev–Trinajstić information content (AvgIpc) is 2.60. The van der Waals surface area contributed by atoms with Crippen molar-refractivity contribution in [1.29, 1.82) is 0 Å². The minimum absolute atomic E-state index is 0.290. The number of aromatic hydroxyl groups is 1.